The minimum absolute atomic E-state index is 0.0329. The van der Waals surface area contributed by atoms with Crippen molar-refractivity contribution < 1.29 is 4.79 Å². The summed E-state index contributed by atoms with van der Waals surface area (Å²) in [5.41, 5.74) is 6.32. The summed E-state index contributed by atoms with van der Waals surface area (Å²) in [4.78, 5) is 14.1. The molecule has 1 heterocycles. The van der Waals surface area contributed by atoms with E-state index in [2.05, 4.69) is 10.2 Å². The molecule has 1 amide bonds. The highest BCUT2D eigenvalue weighted by molar-refractivity contribution is 5.78. The molecule has 0 atom stereocenters. The van der Waals surface area contributed by atoms with Gasteiger partial charge in [0.2, 0.25) is 5.91 Å². The molecular formula is C14H25N3O. The fourth-order valence-electron chi connectivity index (χ4n) is 3.54. The third-order valence-electron chi connectivity index (χ3n) is 4.76. The molecule has 3 fully saturated rings. The van der Waals surface area contributed by atoms with Crippen molar-refractivity contribution in [1.29, 1.82) is 0 Å². The largest absolute Gasteiger partial charge is 0.352 e. The van der Waals surface area contributed by atoms with E-state index < -0.39 is 0 Å². The molecular weight excluding hydrogens is 226 g/mol. The van der Waals surface area contributed by atoms with Crippen LogP contribution in [0.1, 0.15) is 44.9 Å². The summed E-state index contributed by atoms with van der Waals surface area (Å²) in [6.07, 6.45) is 8.76. The topological polar surface area (TPSA) is 58.4 Å². The molecule has 0 aromatic carbocycles. The molecule has 3 N–H and O–H groups in total. The maximum absolute atomic E-state index is 11.9. The van der Waals surface area contributed by atoms with Gasteiger partial charge in [-0.15, -0.1) is 0 Å². The first-order valence-electron chi connectivity index (χ1n) is 7.46. The van der Waals surface area contributed by atoms with Gasteiger partial charge in [-0.05, 0) is 31.6 Å². The number of hydrogen-bond acceptors (Lipinski definition) is 3. The van der Waals surface area contributed by atoms with E-state index in [1.807, 2.05) is 0 Å². The van der Waals surface area contributed by atoms with Crippen molar-refractivity contribution in [3.63, 3.8) is 0 Å². The van der Waals surface area contributed by atoms with Crippen LogP contribution < -0.4 is 11.1 Å². The van der Waals surface area contributed by atoms with E-state index in [0.29, 0.717) is 12.6 Å². The second-order valence-corrected chi connectivity index (χ2v) is 6.56. The van der Waals surface area contributed by atoms with Crippen LogP contribution in [0.5, 0.6) is 0 Å². The van der Waals surface area contributed by atoms with Crippen LogP contribution in [0, 0.1) is 5.92 Å². The second kappa shape index (κ2) is 4.82. The van der Waals surface area contributed by atoms with E-state index >= 15 is 0 Å². The Balaban J connectivity index is 1.37. The zero-order chi connectivity index (χ0) is 12.6. The highest BCUT2D eigenvalue weighted by atomic mass is 16.2. The summed E-state index contributed by atoms with van der Waals surface area (Å²) in [5, 5.41) is 3.17. The van der Waals surface area contributed by atoms with Crippen molar-refractivity contribution in [3.05, 3.63) is 0 Å². The maximum Gasteiger partial charge on any atom is 0.234 e. The van der Waals surface area contributed by atoms with Crippen molar-refractivity contribution in [2.75, 3.05) is 19.6 Å². The zero-order valence-electron chi connectivity index (χ0n) is 11.2. The molecule has 4 nitrogen and oxygen atoms in total. The van der Waals surface area contributed by atoms with E-state index in [4.69, 9.17) is 5.73 Å². The predicted octanol–water partition coefficient (Wildman–Crippen LogP) is 0.858. The molecule has 0 radical (unpaired) electrons. The van der Waals surface area contributed by atoms with Crippen LogP contribution in [0.4, 0.5) is 0 Å². The minimum atomic E-state index is 0.0329. The van der Waals surface area contributed by atoms with Gasteiger partial charge < -0.3 is 11.1 Å². The summed E-state index contributed by atoms with van der Waals surface area (Å²) < 4.78 is 0. The van der Waals surface area contributed by atoms with Gasteiger partial charge in [0.15, 0.2) is 0 Å². The van der Waals surface area contributed by atoms with Gasteiger partial charge in [-0.25, -0.2) is 0 Å². The molecule has 1 saturated heterocycles. The van der Waals surface area contributed by atoms with E-state index in [9.17, 15) is 4.79 Å². The lowest BCUT2D eigenvalue weighted by atomic mass is 9.86. The van der Waals surface area contributed by atoms with Gasteiger partial charge in [-0.3, -0.25) is 9.69 Å². The van der Waals surface area contributed by atoms with Gasteiger partial charge >= 0.3 is 0 Å². The Morgan fingerprint density at radius 1 is 1.17 bits per heavy atom. The predicted molar refractivity (Wildman–Crippen MR) is 71.1 cm³/mol. The van der Waals surface area contributed by atoms with Crippen LogP contribution in [-0.4, -0.2) is 42.0 Å². The zero-order valence-corrected chi connectivity index (χ0v) is 11.2. The molecule has 18 heavy (non-hydrogen) atoms. The summed E-state index contributed by atoms with van der Waals surface area (Å²) in [6.45, 7) is 2.37. The van der Waals surface area contributed by atoms with Gasteiger partial charge in [0.05, 0.1) is 6.54 Å². The molecule has 2 aliphatic carbocycles. The Hall–Kier alpha value is -0.610. The number of hydrogen-bond donors (Lipinski definition) is 2. The molecule has 3 rings (SSSR count). The van der Waals surface area contributed by atoms with E-state index in [1.165, 1.54) is 32.1 Å². The van der Waals surface area contributed by atoms with Gasteiger partial charge in [-0.2, -0.15) is 0 Å². The normalized spacial score (nSPS) is 28.7. The molecule has 102 valence electrons. The first kappa shape index (κ1) is 12.4. The Kier molecular flexibility index (Phi) is 3.32. The first-order chi connectivity index (χ1) is 8.66. The van der Waals surface area contributed by atoms with Crippen molar-refractivity contribution in [1.82, 2.24) is 10.2 Å². The third-order valence-corrected chi connectivity index (χ3v) is 4.76. The molecule has 0 aromatic rings. The number of carbonyl (C=O) groups is 1. The Morgan fingerprint density at radius 2 is 1.83 bits per heavy atom. The number of rotatable bonds is 4. The van der Waals surface area contributed by atoms with Crippen LogP contribution in [0.3, 0.4) is 0 Å². The lowest BCUT2D eigenvalue weighted by molar-refractivity contribution is -0.125. The van der Waals surface area contributed by atoms with Crippen LogP contribution >= 0.6 is 0 Å². The molecule has 0 spiro atoms. The second-order valence-electron chi connectivity index (χ2n) is 6.56. The standard InChI is InChI=1S/C14H25N3O/c15-14(11-6-7-11)9-17(10-14)8-13(18)16-12-4-2-1-3-5-12/h11-12H,1-10,15H2,(H,16,18). The number of carbonyl (C=O) groups excluding carboxylic acids is 1. The van der Waals surface area contributed by atoms with Gasteiger partial charge in [0.25, 0.3) is 0 Å². The van der Waals surface area contributed by atoms with Crippen LogP contribution in [0.25, 0.3) is 0 Å². The average molecular weight is 251 g/mol. The lowest BCUT2D eigenvalue weighted by Crippen LogP contribution is -2.69. The Bertz CT molecular complexity index is 315. The number of nitrogens with one attached hydrogen (secondary N) is 1. The summed E-state index contributed by atoms with van der Waals surface area (Å²) in [5.74, 6) is 0.926. The Labute approximate surface area is 109 Å². The molecule has 0 aromatic heterocycles. The third kappa shape index (κ3) is 2.69. The van der Waals surface area contributed by atoms with Crippen molar-refractivity contribution in [2.24, 2.45) is 11.7 Å². The summed E-state index contributed by atoms with van der Waals surface area (Å²) >= 11 is 0. The fourth-order valence-corrected chi connectivity index (χ4v) is 3.54. The maximum atomic E-state index is 11.9. The lowest BCUT2D eigenvalue weighted by Gasteiger charge is -2.48. The van der Waals surface area contributed by atoms with Gasteiger partial charge in [0, 0.05) is 24.7 Å². The highest BCUT2D eigenvalue weighted by Gasteiger charge is 2.50. The molecule has 0 bridgehead atoms. The van der Waals surface area contributed by atoms with Crippen molar-refractivity contribution in [3.8, 4) is 0 Å². The summed E-state index contributed by atoms with van der Waals surface area (Å²) in [7, 11) is 0. The van der Waals surface area contributed by atoms with Gasteiger partial charge in [0.1, 0.15) is 0 Å². The number of likely N-dealkylation sites (tertiary alicyclic amines) is 1. The van der Waals surface area contributed by atoms with Crippen LogP contribution in [0.2, 0.25) is 0 Å². The van der Waals surface area contributed by atoms with E-state index in [0.717, 1.165) is 31.8 Å². The quantitative estimate of drug-likeness (QED) is 0.779. The monoisotopic (exact) mass is 251 g/mol. The van der Waals surface area contributed by atoms with Crippen molar-refractivity contribution in [2.45, 2.75) is 56.5 Å². The molecule has 3 aliphatic rings. The molecule has 4 heteroatoms. The van der Waals surface area contributed by atoms with Gasteiger partial charge in [-0.1, -0.05) is 19.3 Å². The Morgan fingerprint density at radius 3 is 2.44 bits per heavy atom. The van der Waals surface area contributed by atoms with E-state index in [-0.39, 0.29) is 11.4 Å². The smallest absolute Gasteiger partial charge is 0.234 e. The molecule has 2 saturated carbocycles. The SMILES string of the molecule is NC1(C2CC2)CN(CC(=O)NC2CCCCC2)C1. The van der Waals surface area contributed by atoms with Crippen LogP contribution in [0.15, 0.2) is 0 Å². The molecule has 1 aliphatic heterocycles. The van der Waals surface area contributed by atoms with E-state index in [1.54, 1.807) is 0 Å². The highest BCUT2D eigenvalue weighted by Crippen LogP contribution is 2.42. The first-order valence-corrected chi connectivity index (χ1v) is 7.46. The van der Waals surface area contributed by atoms with Crippen molar-refractivity contribution >= 4 is 5.91 Å². The minimum Gasteiger partial charge on any atom is -0.352 e. The van der Waals surface area contributed by atoms with Crippen LogP contribution in [-0.2, 0) is 4.79 Å². The summed E-state index contributed by atoms with van der Waals surface area (Å²) in [6, 6.07) is 0.429. The molecule has 0 unspecified atom stereocenters. The fraction of sp³-hybridized carbons (Fsp3) is 0.929. The number of nitrogens with two attached hydrogens (primary N) is 1. The number of nitrogens with zero attached hydrogens (tertiary/aromatic N) is 1. The number of amides is 1. The average Bonchev–Trinajstić information content (AvgIpc) is 3.12.